The van der Waals surface area contributed by atoms with Gasteiger partial charge in [-0.3, -0.25) is 4.79 Å². The zero-order valence-electron chi connectivity index (χ0n) is 13.1. The summed E-state index contributed by atoms with van der Waals surface area (Å²) in [5.74, 6) is 1.16. The van der Waals surface area contributed by atoms with Crippen molar-refractivity contribution in [1.82, 2.24) is 10.3 Å². The minimum absolute atomic E-state index is 0.0401. The minimum atomic E-state index is -0.0401. The number of benzene rings is 1. The molecule has 0 radical (unpaired) electrons. The van der Waals surface area contributed by atoms with Gasteiger partial charge < -0.3 is 14.8 Å². The first-order chi connectivity index (χ1) is 11.1. The third kappa shape index (κ3) is 5.69. The van der Waals surface area contributed by atoms with Crippen LogP contribution in [0, 0.1) is 0 Å². The van der Waals surface area contributed by atoms with Crippen molar-refractivity contribution in [3.63, 3.8) is 0 Å². The van der Waals surface area contributed by atoms with Crippen molar-refractivity contribution in [2.75, 3.05) is 6.61 Å². The Balaban J connectivity index is 1.82. The number of hydrogen-bond acceptors (Lipinski definition) is 4. The summed E-state index contributed by atoms with van der Waals surface area (Å²) in [6.07, 6.45) is 3.88. The second-order valence-electron chi connectivity index (χ2n) is 5.46. The fourth-order valence-corrected chi connectivity index (χ4v) is 2.34. The Morgan fingerprint density at radius 1 is 1.39 bits per heavy atom. The van der Waals surface area contributed by atoms with E-state index in [0.717, 1.165) is 12.0 Å². The van der Waals surface area contributed by atoms with Gasteiger partial charge in [0.25, 0.3) is 0 Å². The van der Waals surface area contributed by atoms with E-state index in [1.54, 1.807) is 18.3 Å². The van der Waals surface area contributed by atoms with Gasteiger partial charge in [0, 0.05) is 36.1 Å². The van der Waals surface area contributed by atoms with Crippen LogP contribution >= 0.6 is 11.6 Å². The van der Waals surface area contributed by atoms with E-state index in [9.17, 15) is 4.79 Å². The summed E-state index contributed by atoms with van der Waals surface area (Å²) in [7, 11) is 0. The molecule has 1 unspecified atom stereocenters. The molecule has 0 spiro atoms. The molecule has 2 N–H and O–H groups in total. The Bertz CT molecular complexity index is 625. The number of carbonyl (C=O) groups is 1. The second kappa shape index (κ2) is 8.70. The first kappa shape index (κ1) is 17.5. The van der Waals surface area contributed by atoms with Crippen LogP contribution in [0.3, 0.4) is 0 Å². The van der Waals surface area contributed by atoms with Crippen LogP contribution in [-0.2, 0) is 11.2 Å². The maximum Gasteiger partial charge on any atom is 0.220 e. The van der Waals surface area contributed by atoms with E-state index >= 15 is 0 Å². The topological polar surface area (TPSA) is 75.4 Å². The molecule has 5 nitrogen and oxygen atoms in total. The van der Waals surface area contributed by atoms with Crippen molar-refractivity contribution in [2.45, 2.75) is 38.6 Å². The Morgan fingerprint density at radius 2 is 2.13 bits per heavy atom. The van der Waals surface area contributed by atoms with E-state index in [4.69, 9.17) is 21.1 Å². The number of nitrogens with one attached hydrogen (secondary N) is 1. The van der Waals surface area contributed by atoms with Crippen LogP contribution in [0.25, 0.3) is 11.3 Å². The van der Waals surface area contributed by atoms with Gasteiger partial charge in [-0.1, -0.05) is 11.6 Å². The van der Waals surface area contributed by atoms with E-state index < -0.39 is 0 Å². The van der Waals surface area contributed by atoms with Gasteiger partial charge in [0.1, 0.15) is 0 Å². The van der Waals surface area contributed by atoms with Gasteiger partial charge in [-0.05, 0) is 44.0 Å². The molecule has 0 bridgehead atoms. The van der Waals surface area contributed by atoms with E-state index in [1.807, 2.05) is 19.1 Å². The summed E-state index contributed by atoms with van der Waals surface area (Å²) in [4.78, 5) is 16.0. The molecule has 0 aliphatic rings. The standard InChI is InChI=1S/C17H21ClN2O3/c1-12(3-2-10-21)20-16(22)8-9-17-19-11-15(23-17)13-4-6-14(18)7-5-13/h4-7,11-12,21H,2-3,8-10H2,1H3,(H,20,22). The largest absolute Gasteiger partial charge is 0.441 e. The van der Waals surface area contributed by atoms with Gasteiger partial charge in [0.05, 0.1) is 6.20 Å². The number of aryl methyl sites for hydroxylation is 1. The van der Waals surface area contributed by atoms with E-state index in [0.29, 0.717) is 35.9 Å². The number of rotatable bonds is 8. The van der Waals surface area contributed by atoms with Gasteiger partial charge >= 0.3 is 0 Å². The van der Waals surface area contributed by atoms with E-state index in [-0.39, 0.29) is 18.6 Å². The van der Waals surface area contributed by atoms with Crippen LogP contribution in [0.4, 0.5) is 0 Å². The summed E-state index contributed by atoms with van der Waals surface area (Å²) in [5.41, 5.74) is 0.898. The highest BCUT2D eigenvalue weighted by molar-refractivity contribution is 6.30. The molecule has 1 aromatic heterocycles. The molecular formula is C17H21ClN2O3. The molecule has 0 saturated carbocycles. The SMILES string of the molecule is CC(CCCO)NC(=O)CCc1ncc(-c2ccc(Cl)cc2)o1. The highest BCUT2D eigenvalue weighted by Crippen LogP contribution is 2.22. The Hall–Kier alpha value is -1.85. The zero-order valence-corrected chi connectivity index (χ0v) is 13.8. The highest BCUT2D eigenvalue weighted by atomic mass is 35.5. The van der Waals surface area contributed by atoms with Crippen LogP contribution in [0.1, 0.15) is 32.1 Å². The maximum atomic E-state index is 11.8. The molecule has 1 amide bonds. The van der Waals surface area contributed by atoms with Crippen LogP contribution in [0.2, 0.25) is 5.02 Å². The Labute approximate surface area is 140 Å². The smallest absolute Gasteiger partial charge is 0.220 e. The molecule has 0 fully saturated rings. The zero-order chi connectivity index (χ0) is 16.7. The summed E-state index contributed by atoms with van der Waals surface area (Å²) in [5, 5.41) is 12.3. The van der Waals surface area contributed by atoms with Crippen molar-refractivity contribution in [3.8, 4) is 11.3 Å². The van der Waals surface area contributed by atoms with Crippen LogP contribution in [0.5, 0.6) is 0 Å². The van der Waals surface area contributed by atoms with Crippen LogP contribution in [-0.4, -0.2) is 28.6 Å². The van der Waals surface area contributed by atoms with Crippen molar-refractivity contribution in [2.24, 2.45) is 0 Å². The summed E-state index contributed by atoms with van der Waals surface area (Å²) in [6.45, 7) is 2.07. The molecule has 6 heteroatoms. The van der Waals surface area contributed by atoms with Gasteiger partial charge in [0.2, 0.25) is 5.91 Å². The molecule has 2 rings (SSSR count). The number of carbonyl (C=O) groups excluding carboxylic acids is 1. The fourth-order valence-electron chi connectivity index (χ4n) is 2.21. The summed E-state index contributed by atoms with van der Waals surface area (Å²) in [6, 6.07) is 7.37. The van der Waals surface area contributed by atoms with E-state index in [2.05, 4.69) is 10.3 Å². The molecule has 124 valence electrons. The van der Waals surface area contributed by atoms with Gasteiger partial charge in [-0.15, -0.1) is 0 Å². The van der Waals surface area contributed by atoms with Crippen LogP contribution in [0.15, 0.2) is 34.9 Å². The molecule has 1 atom stereocenters. The number of aliphatic hydroxyl groups excluding tert-OH is 1. The van der Waals surface area contributed by atoms with Crippen molar-refractivity contribution in [3.05, 3.63) is 41.4 Å². The average molecular weight is 337 g/mol. The van der Waals surface area contributed by atoms with Crippen molar-refractivity contribution in [1.29, 1.82) is 0 Å². The molecule has 0 aliphatic heterocycles. The summed E-state index contributed by atoms with van der Waals surface area (Å²) >= 11 is 5.86. The molecule has 2 aromatic rings. The van der Waals surface area contributed by atoms with E-state index in [1.165, 1.54) is 0 Å². The molecule has 1 aromatic carbocycles. The first-order valence-corrected chi connectivity index (χ1v) is 8.07. The molecule has 1 heterocycles. The number of oxazole rings is 1. The Kier molecular flexibility index (Phi) is 6.62. The normalized spacial score (nSPS) is 12.1. The number of aliphatic hydroxyl groups is 1. The number of nitrogens with zero attached hydrogens (tertiary/aromatic N) is 1. The van der Waals surface area contributed by atoms with Gasteiger partial charge in [-0.25, -0.2) is 4.98 Å². The number of amides is 1. The lowest BCUT2D eigenvalue weighted by Crippen LogP contribution is -2.32. The van der Waals surface area contributed by atoms with Crippen molar-refractivity contribution < 1.29 is 14.3 Å². The number of aromatic nitrogens is 1. The lowest BCUT2D eigenvalue weighted by Gasteiger charge is -2.12. The van der Waals surface area contributed by atoms with Crippen LogP contribution < -0.4 is 5.32 Å². The van der Waals surface area contributed by atoms with Gasteiger partial charge in [0.15, 0.2) is 11.7 Å². The molecule has 0 saturated heterocycles. The second-order valence-corrected chi connectivity index (χ2v) is 5.90. The molecule has 0 aliphatic carbocycles. The minimum Gasteiger partial charge on any atom is -0.441 e. The lowest BCUT2D eigenvalue weighted by molar-refractivity contribution is -0.121. The fraction of sp³-hybridized carbons (Fsp3) is 0.412. The average Bonchev–Trinajstić information content (AvgIpc) is 3.00. The van der Waals surface area contributed by atoms with Gasteiger partial charge in [-0.2, -0.15) is 0 Å². The monoisotopic (exact) mass is 336 g/mol. The predicted octanol–water partition coefficient (Wildman–Crippen LogP) is 3.20. The first-order valence-electron chi connectivity index (χ1n) is 7.69. The highest BCUT2D eigenvalue weighted by Gasteiger charge is 2.11. The Morgan fingerprint density at radius 3 is 2.83 bits per heavy atom. The lowest BCUT2D eigenvalue weighted by atomic mass is 10.2. The predicted molar refractivity (Wildman–Crippen MR) is 89.2 cm³/mol. The number of halogens is 1. The number of hydrogen-bond donors (Lipinski definition) is 2. The maximum absolute atomic E-state index is 11.8. The van der Waals surface area contributed by atoms with Crippen molar-refractivity contribution >= 4 is 17.5 Å². The molecule has 23 heavy (non-hydrogen) atoms. The quantitative estimate of drug-likeness (QED) is 0.776. The summed E-state index contributed by atoms with van der Waals surface area (Å²) < 4.78 is 5.66. The third-order valence-corrected chi connectivity index (χ3v) is 3.70. The third-order valence-electron chi connectivity index (χ3n) is 3.45. The molecular weight excluding hydrogens is 316 g/mol.